The molecule has 7 heteroatoms. The zero-order chi connectivity index (χ0) is 18.7. The third kappa shape index (κ3) is 3.37. The van der Waals surface area contributed by atoms with Crippen molar-refractivity contribution in [3.63, 3.8) is 0 Å². The van der Waals surface area contributed by atoms with Gasteiger partial charge in [0.2, 0.25) is 5.43 Å². The normalized spacial score (nSPS) is 11.8. The number of H-pyrrole nitrogens is 2. The van der Waals surface area contributed by atoms with Crippen molar-refractivity contribution in [3.05, 3.63) is 70.3 Å². The molecule has 2 N–H and O–H groups in total. The molecule has 0 radical (unpaired) electrons. The highest BCUT2D eigenvalue weighted by atomic mass is 16.5. The van der Waals surface area contributed by atoms with Crippen molar-refractivity contribution in [1.82, 2.24) is 20.1 Å². The summed E-state index contributed by atoms with van der Waals surface area (Å²) in [6, 6.07) is 12.7. The fourth-order valence-corrected chi connectivity index (χ4v) is 2.62. The van der Waals surface area contributed by atoms with E-state index in [0.717, 1.165) is 17.0 Å². The van der Waals surface area contributed by atoms with Crippen LogP contribution in [0.5, 0.6) is 5.75 Å². The number of carbonyl (C=O) groups excluding carboxylic acids is 1. The Hall–Kier alpha value is -3.35. The Morgan fingerprint density at radius 2 is 1.96 bits per heavy atom. The molecular formula is C19H20N4O3. The van der Waals surface area contributed by atoms with Crippen molar-refractivity contribution < 1.29 is 9.53 Å². The molecule has 1 atom stereocenters. The first kappa shape index (κ1) is 17.5. The second kappa shape index (κ2) is 7.26. The fourth-order valence-electron chi connectivity index (χ4n) is 2.62. The van der Waals surface area contributed by atoms with Gasteiger partial charge in [-0.25, -0.2) is 0 Å². The van der Waals surface area contributed by atoms with E-state index in [-0.39, 0.29) is 28.8 Å². The zero-order valence-corrected chi connectivity index (χ0v) is 14.8. The molecule has 26 heavy (non-hydrogen) atoms. The summed E-state index contributed by atoms with van der Waals surface area (Å²) in [5.74, 6) is -0.133. The van der Waals surface area contributed by atoms with Gasteiger partial charge in [-0.1, -0.05) is 30.3 Å². The van der Waals surface area contributed by atoms with Gasteiger partial charge < -0.3 is 14.6 Å². The molecule has 2 aromatic heterocycles. The topological polar surface area (TPSA) is 91.1 Å². The predicted octanol–water partition coefficient (Wildman–Crippen LogP) is 2.61. The number of hydrogen-bond donors (Lipinski definition) is 2. The van der Waals surface area contributed by atoms with Crippen LogP contribution < -0.4 is 10.2 Å². The highest BCUT2D eigenvalue weighted by Gasteiger charge is 2.22. The first-order valence-corrected chi connectivity index (χ1v) is 8.16. The molecule has 1 aromatic carbocycles. The maximum atomic E-state index is 12.7. The van der Waals surface area contributed by atoms with Crippen molar-refractivity contribution in [2.75, 3.05) is 14.2 Å². The Morgan fingerprint density at radius 1 is 1.23 bits per heavy atom. The summed E-state index contributed by atoms with van der Waals surface area (Å²) in [6.07, 6.45) is 1.39. The van der Waals surface area contributed by atoms with E-state index in [1.165, 1.54) is 19.4 Å². The molecule has 0 saturated carbocycles. The fraction of sp³-hybridized carbons (Fsp3) is 0.211. The number of aromatic nitrogens is 3. The highest BCUT2D eigenvalue weighted by molar-refractivity contribution is 5.92. The summed E-state index contributed by atoms with van der Waals surface area (Å²) < 4.78 is 4.92. The van der Waals surface area contributed by atoms with Crippen LogP contribution >= 0.6 is 0 Å². The Kier molecular flexibility index (Phi) is 4.88. The Bertz CT molecular complexity index is 962. The third-order valence-electron chi connectivity index (χ3n) is 4.35. The number of ether oxygens (including phenoxy) is 1. The average Bonchev–Trinajstić information content (AvgIpc) is 3.17. The van der Waals surface area contributed by atoms with Crippen LogP contribution in [0.3, 0.4) is 0 Å². The van der Waals surface area contributed by atoms with E-state index in [2.05, 4.69) is 15.2 Å². The maximum Gasteiger partial charge on any atom is 0.270 e. The number of aromatic amines is 2. The second-order valence-corrected chi connectivity index (χ2v) is 5.95. The molecule has 0 saturated heterocycles. The van der Waals surface area contributed by atoms with E-state index in [4.69, 9.17) is 4.74 Å². The molecule has 0 spiro atoms. The maximum absolute atomic E-state index is 12.7. The molecule has 0 aliphatic rings. The van der Waals surface area contributed by atoms with Gasteiger partial charge >= 0.3 is 0 Å². The number of nitrogens with one attached hydrogen (secondary N) is 2. The van der Waals surface area contributed by atoms with Crippen molar-refractivity contribution in [3.8, 4) is 17.0 Å². The van der Waals surface area contributed by atoms with Gasteiger partial charge in [0.15, 0.2) is 5.75 Å². The number of pyridine rings is 1. The minimum atomic E-state index is -0.344. The van der Waals surface area contributed by atoms with E-state index >= 15 is 0 Å². The summed E-state index contributed by atoms with van der Waals surface area (Å²) >= 11 is 0. The molecule has 3 aromatic rings. The van der Waals surface area contributed by atoms with Crippen LogP contribution in [-0.2, 0) is 0 Å². The molecule has 3 rings (SSSR count). The van der Waals surface area contributed by atoms with Crippen molar-refractivity contribution >= 4 is 5.91 Å². The van der Waals surface area contributed by atoms with Crippen LogP contribution in [0.1, 0.15) is 29.1 Å². The van der Waals surface area contributed by atoms with E-state index < -0.39 is 0 Å². The predicted molar refractivity (Wildman–Crippen MR) is 98.1 cm³/mol. The number of benzene rings is 1. The number of nitrogens with zero attached hydrogens (tertiary/aromatic N) is 2. The molecule has 0 aliphatic carbocycles. The van der Waals surface area contributed by atoms with Crippen molar-refractivity contribution in [1.29, 1.82) is 0 Å². The molecule has 1 unspecified atom stereocenters. The number of carbonyl (C=O) groups is 1. The van der Waals surface area contributed by atoms with Crippen LogP contribution in [0.25, 0.3) is 11.3 Å². The van der Waals surface area contributed by atoms with E-state index in [9.17, 15) is 9.59 Å². The lowest BCUT2D eigenvalue weighted by Gasteiger charge is -2.23. The smallest absolute Gasteiger partial charge is 0.270 e. The van der Waals surface area contributed by atoms with E-state index in [1.807, 2.05) is 43.3 Å². The highest BCUT2D eigenvalue weighted by Crippen LogP contribution is 2.23. The minimum absolute atomic E-state index is 0.165. The van der Waals surface area contributed by atoms with Gasteiger partial charge in [-0.15, -0.1) is 0 Å². The third-order valence-corrected chi connectivity index (χ3v) is 4.35. The monoisotopic (exact) mass is 352 g/mol. The first-order chi connectivity index (χ1) is 12.5. The van der Waals surface area contributed by atoms with Crippen molar-refractivity contribution in [2.24, 2.45) is 0 Å². The van der Waals surface area contributed by atoms with Gasteiger partial charge in [0.25, 0.3) is 5.91 Å². The molecule has 0 bridgehead atoms. The van der Waals surface area contributed by atoms with Gasteiger partial charge in [-0.2, -0.15) is 5.10 Å². The van der Waals surface area contributed by atoms with Crippen molar-refractivity contribution in [2.45, 2.75) is 13.0 Å². The summed E-state index contributed by atoms with van der Waals surface area (Å²) in [6.45, 7) is 1.89. The standard InChI is InChI=1S/C19H20N4O3/c1-12(14-9-15(22-21-14)13-7-5-4-6-8-13)23(2)19(25)16-10-17(24)18(26-3)11-20-16/h4-12H,1-3H3,(H,20,24)(H,21,22). The lowest BCUT2D eigenvalue weighted by atomic mass is 10.1. The molecule has 0 aliphatic heterocycles. The molecule has 2 heterocycles. The summed E-state index contributed by atoms with van der Waals surface area (Å²) in [7, 11) is 3.08. The summed E-state index contributed by atoms with van der Waals surface area (Å²) in [4.78, 5) is 28.9. The van der Waals surface area contributed by atoms with E-state index in [1.54, 1.807) is 11.9 Å². The van der Waals surface area contributed by atoms with Gasteiger partial charge in [0.1, 0.15) is 5.69 Å². The van der Waals surface area contributed by atoms with Gasteiger partial charge in [-0.05, 0) is 13.0 Å². The Balaban J connectivity index is 1.80. The van der Waals surface area contributed by atoms with Crippen LogP contribution in [-0.4, -0.2) is 40.1 Å². The zero-order valence-electron chi connectivity index (χ0n) is 14.8. The van der Waals surface area contributed by atoms with E-state index in [0.29, 0.717) is 0 Å². The summed E-state index contributed by atoms with van der Waals surface area (Å²) in [5.41, 5.74) is 2.47. The van der Waals surface area contributed by atoms with Gasteiger partial charge in [-0.3, -0.25) is 14.7 Å². The quantitative estimate of drug-likeness (QED) is 0.738. The number of hydrogen-bond acceptors (Lipinski definition) is 4. The molecule has 134 valence electrons. The van der Waals surface area contributed by atoms with Gasteiger partial charge in [0.05, 0.1) is 24.5 Å². The largest absolute Gasteiger partial charge is 0.491 e. The molecule has 0 fully saturated rings. The Labute approximate surface area is 150 Å². The Morgan fingerprint density at radius 3 is 2.62 bits per heavy atom. The van der Waals surface area contributed by atoms with Crippen LogP contribution in [0.2, 0.25) is 0 Å². The minimum Gasteiger partial charge on any atom is -0.491 e. The first-order valence-electron chi connectivity index (χ1n) is 8.16. The lowest BCUT2D eigenvalue weighted by Crippen LogP contribution is -2.31. The second-order valence-electron chi connectivity index (χ2n) is 5.95. The number of rotatable bonds is 5. The van der Waals surface area contributed by atoms with Gasteiger partial charge in [0, 0.05) is 24.9 Å². The number of methoxy groups -OCH3 is 1. The molecular weight excluding hydrogens is 332 g/mol. The lowest BCUT2D eigenvalue weighted by molar-refractivity contribution is 0.0733. The van der Waals surface area contributed by atoms with Crippen LogP contribution in [0.15, 0.2) is 53.5 Å². The summed E-state index contributed by atoms with van der Waals surface area (Å²) in [5, 5.41) is 7.31. The molecule has 1 amide bonds. The molecule has 7 nitrogen and oxygen atoms in total. The van der Waals surface area contributed by atoms with Crippen LogP contribution in [0, 0.1) is 0 Å². The number of amides is 1. The average molecular weight is 352 g/mol. The SMILES string of the molecule is COc1c[nH]c(C(=O)N(C)C(C)c2cc(-c3ccccc3)n[nH]2)cc1=O. The van der Waals surface area contributed by atoms with Crippen LogP contribution in [0.4, 0.5) is 0 Å².